The van der Waals surface area contributed by atoms with E-state index in [9.17, 15) is 9.59 Å². The molecule has 0 bridgehead atoms. The van der Waals surface area contributed by atoms with Crippen LogP contribution in [-0.2, 0) is 4.79 Å². The molecule has 7 heteroatoms. The number of nitrogens with zero attached hydrogens (tertiary/aromatic N) is 1. The van der Waals surface area contributed by atoms with Crippen LogP contribution in [-0.4, -0.2) is 29.8 Å². The summed E-state index contributed by atoms with van der Waals surface area (Å²) in [7, 11) is 1.59. The fraction of sp³-hybridized carbons (Fsp3) is 0.158. The Hall–Kier alpha value is -2.25. The van der Waals surface area contributed by atoms with Crippen LogP contribution in [0.4, 0.5) is 10.5 Å². The lowest BCUT2D eigenvalue weighted by atomic mass is 10.2. The molecule has 1 heterocycles. The first kappa shape index (κ1) is 18.5. The summed E-state index contributed by atoms with van der Waals surface area (Å²) in [6, 6.07) is 13.1. The highest BCUT2D eigenvalue weighted by Gasteiger charge is 2.34. The van der Waals surface area contributed by atoms with Crippen molar-refractivity contribution in [2.24, 2.45) is 0 Å². The molecule has 2 aromatic carbocycles. The van der Waals surface area contributed by atoms with Crippen LogP contribution in [0.2, 0.25) is 0 Å². The molecule has 1 aliphatic rings. The fourth-order valence-electron chi connectivity index (χ4n) is 2.51. The number of hydrogen-bond donors (Lipinski definition) is 1. The molecule has 0 atom stereocenters. The van der Waals surface area contributed by atoms with Gasteiger partial charge in [-0.2, -0.15) is 0 Å². The molecule has 1 saturated heterocycles. The van der Waals surface area contributed by atoms with Gasteiger partial charge in [-0.05, 0) is 66.2 Å². The number of hydrogen-bond acceptors (Lipinski definition) is 5. The minimum atomic E-state index is -0.301. The van der Waals surface area contributed by atoms with Gasteiger partial charge in [0.25, 0.3) is 11.1 Å². The Morgan fingerprint density at radius 3 is 2.77 bits per heavy atom. The highest BCUT2D eigenvalue weighted by Crippen LogP contribution is 2.32. The van der Waals surface area contributed by atoms with Gasteiger partial charge >= 0.3 is 0 Å². The predicted molar refractivity (Wildman–Crippen MR) is 108 cm³/mol. The number of rotatable bonds is 5. The van der Waals surface area contributed by atoms with Crippen molar-refractivity contribution in [3.8, 4) is 5.75 Å². The zero-order chi connectivity index (χ0) is 18.7. The zero-order valence-electron chi connectivity index (χ0n) is 14.3. The maximum Gasteiger partial charge on any atom is 0.295 e. The molecule has 2 amide bonds. The number of halogens is 1. The molecule has 1 N–H and O–H groups in total. The summed E-state index contributed by atoms with van der Waals surface area (Å²) in [6.45, 7) is 2.09. The SMILES string of the molecule is COc1cccc(/C=C2/SC(=O)N(CNc3ccc(Br)cc3C)C2=O)c1. The van der Waals surface area contributed by atoms with Crippen LogP contribution in [0.15, 0.2) is 51.8 Å². The molecular weight excluding hydrogens is 416 g/mol. The molecular formula is C19H17BrN2O3S. The van der Waals surface area contributed by atoms with Crippen molar-refractivity contribution in [1.82, 2.24) is 4.90 Å². The van der Waals surface area contributed by atoms with E-state index in [0.717, 1.165) is 33.0 Å². The van der Waals surface area contributed by atoms with Gasteiger partial charge in [0.1, 0.15) is 5.75 Å². The maximum atomic E-state index is 12.6. The molecule has 0 aromatic heterocycles. The highest BCUT2D eigenvalue weighted by atomic mass is 79.9. The van der Waals surface area contributed by atoms with E-state index in [1.807, 2.05) is 49.4 Å². The smallest absolute Gasteiger partial charge is 0.295 e. The molecule has 2 aromatic rings. The van der Waals surface area contributed by atoms with E-state index < -0.39 is 0 Å². The Morgan fingerprint density at radius 2 is 2.04 bits per heavy atom. The summed E-state index contributed by atoms with van der Waals surface area (Å²) < 4.78 is 6.16. The first-order valence-corrected chi connectivity index (χ1v) is 9.48. The number of methoxy groups -OCH3 is 1. The number of anilines is 1. The van der Waals surface area contributed by atoms with Gasteiger partial charge < -0.3 is 10.1 Å². The van der Waals surface area contributed by atoms with E-state index in [4.69, 9.17) is 4.74 Å². The normalized spacial score (nSPS) is 15.7. The number of ether oxygens (including phenoxy) is 1. The van der Waals surface area contributed by atoms with E-state index in [1.54, 1.807) is 13.2 Å². The highest BCUT2D eigenvalue weighted by molar-refractivity contribution is 9.10. The first-order chi connectivity index (χ1) is 12.5. The van der Waals surface area contributed by atoms with Gasteiger partial charge in [0.05, 0.1) is 18.7 Å². The minimum absolute atomic E-state index is 0.128. The predicted octanol–water partition coefficient (Wildman–Crippen LogP) is 4.87. The van der Waals surface area contributed by atoms with Gasteiger partial charge in [-0.3, -0.25) is 14.5 Å². The van der Waals surface area contributed by atoms with Crippen molar-refractivity contribution in [2.75, 3.05) is 19.1 Å². The number of nitrogens with one attached hydrogen (secondary N) is 1. The summed E-state index contributed by atoms with van der Waals surface area (Å²) in [6.07, 6.45) is 1.71. The number of aryl methyl sites for hydroxylation is 1. The van der Waals surface area contributed by atoms with Crippen LogP contribution in [0.5, 0.6) is 5.75 Å². The quantitative estimate of drug-likeness (QED) is 0.682. The van der Waals surface area contributed by atoms with Gasteiger partial charge in [-0.1, -0.05) is 28.1 Å². The van der Waals surface area contributed by atoms with Crippen molar-refractivity contribution in [2.45, 2.75) is 6.92 Å². The molecule has 26 heavy (non-hydrogen) atoms. The average molecular weight is 433 g/mol. The number of thioether (sulfide) groups is 1. The Morgan fingerprint density at radius 1 is 1.23 bits per heavy atom. The van der Waals surface area contributed by atoms with E-state index in [2.05, 4.69) is 21.2 Å². The average Bonchev–Trinajstić information content (AvgIpc) is 2.88. The van der Waals surface area contributed by atoms with Gasteiger partial charge in [0, 0.05) is 10.2 Å². The van der Waals surface area contributed by atoms with Crippen molar-refractivity contribution < 1.29 is 14.3 Å². The fourth-order valence-corrected chi connectivity index (χ4v) is 3.82. The van der Waals surface area contributed by atoms with E-state index in [-0.39, 0.29) is 17.8 Å². The van der Waals surface area contributed by atoms with Gasteiger partial charge in [-0.15, -0.1) is 0 Å². The van der Waals surface area contributed by atoms with Gasteiger partial charge in [0.2, 0.25) is 0 Å². The van der Waals surface area contributed by atoms with E-state index in [0.29, 0.717) is 10.7 Å². The molecule has 0 radical (unpaired) electrons. The van der Waals surface area contributed by atoms with Gasteiger partial charge in [0.15, 0.2) is 0 Å². The van der Waals surface area contributed by atoms with Crippen LogP contribution in [0.3, 0.4) is 0 Å². The number of imide groups is 1. The molecule has 1 fully saturated rings. The molecule has 5 nitrogen and oxygen atoms in total. The summed E-state index contributed by atoms with van der Waals surface area (Å²) in [5.41, 5.74) is 2.72. The van der Waals surface area contributed by atoms with Crippen LogP contribution in [0.25, 0.3) is 6.08 Å². The Balaban J connectivity index is 1.73. The summed E-state index contributed by atoms with van der Waals surface area (Å²) in [5.74, 6) is 0.399. The Labute approximate surface area is 164 Å². The second kappa shape index (κ2) is 7.97. The molecule has 0 unspecified atom stereocenters. The van der Waals surface area contributed by atoms with Crippen molar-refractivity contribution >= 4 is 50.6 Å². The monoisotopic (exact) mass is 432 g/mol. The zero-order valence-corrected chi connectivity index (χ0v) is 16.7. The van der Waals surface area contributed by atoms with E-state index in [1.165, 1.54) is 4.90 Å². The molecule has 3 rings (SSSR count). The second-order valence-corrected chi connectivity index (χ2v) is 7.59. The third-order valence-electron chi connectivity index (χ3n) is 3.88. The van der Waals surface area contributed by atoms with Crippen LogP contribution < -0.4 is 10.1 Å². The number of amides is 2. The third-order valence-corrected chi connectivity index (χ3v) is 5.28. The standard InChI is InChI=1S/C19H17BrN2O3S/c1-12-8-14(20)6-7-16(12)21-11-22-18(23)17(26-19(22)24)10-13-4-3-5-15(9-13)25-2/h3-10,21H,11H2,1-2H3/b17-10+. The topological polar surface area (TPSA) is 58.6 Å². The van der Waals surface area contributed by atoms with Gasteiger partial charge in [-0.25, -0.2) is 0 Å². The number of carbonyl (C=O) groups excluding carboxylic acids is 2. The van der Waals surface area contributed by atoms with Crippen LogP contribution >= 0.6 is 27.7 Å². The number of benzene rings is 2. The Kier molecular flexibility index (Phi) is 5.68. The van der Waals surface area contributed by atoms with Crippen molar-refractivity contribution in [3.63, 3.8) is 0 Å². The lowest BCUT2D eigenvalue weighted by Gasteiger charge is -2.16. The van der Waals surface area contributed by atoms with Crippen LogP contribution in [0, 0.1) is 6.92 Å². The molecule has 0 spiro atoms. The summed E-state index contributed by atoms with van der Waals surface area (Å²) in [4.78, 5) is 26.4. The molecule has 0 saturated carbocycles. The maximum absolute atomic E-state index is 12.6. The van der Waals surface area contributed by atoms with Crippen LogP contribution in [0.1, 0.15) is 11.1 Å². The van der Waals surface area contributed by atoms with Crippen molar-refractivity contribution in [3.05, 3.63) is 63.0 Å². The molecule has 0 aliphatic carbocycles. The summed E-state index contributed by atoms with van der Waals surface area (Å²) >= 11 is 4.36. The van der Waals surface area contributed by atoms with Crippen molar-refractivity contribution in [1.29, 1.82) is 0 Å². The summed E-state index contributed by atoms with van der Waals surface area (Å²) in [5, 5.41) is 2.86. The lowest BCUT2D eigenvalue weighted by molar-refractivity contribution is -0.122. The second-order valence-electron chi connectivity index (χ2n) is 5.68. The minimum Gasteiger partial charge on any atom is -0.497 e. The third kappa shape index (κ3) is 4.11. The largest absolute Gasteiger partial charge is 0.497 e. The molecule has 1 aliphatic heterocycles. The Bertz CT molecular complexity index is 898. The van der Waals surface area contributed by atoms with E-state index >= 15 is 0 Å². The lowest BCUT2D eigenvalue weighted by Crippen LogP contribution is -2.33. The molecule has 134 valence electrons. The number of carbonyl (C=O) groups is 2. The first-order valence-electron chi connectivity index (χ1n) is 7.87.